The van der Waals surface area contributed by atoms with Crippen LogP contribution >= 0.6 is 0 Å². The van der Waals surface area contributed by atoms with E-state index >= 15 is 0 Å². The summed E-state index contributed by atoms with van der Waals surface area (Å²) in [5, 5.41) is 13.4. The number of hydrogen-bond donors (Lipinski definition) is 2. The fourth-order valence-electron chi connectivity index (χ4n) is 3.34. The van der Waals surface area contributed by atoms with Crippen LogP contribution in [0.4, 0.5) is 0 Å². The number of aryl methyl sites for hydroxylation is 1. The Morgan fingerprint density at radius 2 is 1.94 bits per heavy atom. The Bertz CT molecular complexity index is 1040. The van der Waals surface area contributed by atoms with Gasteiger partial charge in [-0.15, -0.1) is 0 Å². The van der Waals surface area contributed by atoms with Crippen molar-refractivity contribution in [2.45, 2.75) is 32.3 Å². The molecule has 0 saturated carbocycles. The lowest BCUT2D eigenvalue weighted by Crippen LogP contribution is -2.39. The van der Waals surface area contributed by atoms with Gasteiger partial charge in [0.05, 0.1) is 6.10 Å². The highest BCUT2D eigenvalue weighted by molar-refractivity contribution is 5.86. The van der Waals surface area contributed by atoms with Gasteiger partial charge in [-0.25, -0.2) is 4.98 Å². The number of benzene rings is 1. The van der Waals surface area contributed by atoms with Gasteiger partial charge >= 0.3 is 0 Å². The standard InChI is InChI=1S/C25H32N4O4/c1-17-6-7-19(14-27-17)22(30)15-26-12-13-32-20-10-8-18(9-11-20)21-16-33-23(28-21)25(2,3)24(31)29(4)5/h6-11,14,16,22,26,30H,12-13,15H2,1-5H3/t22-/m0/s1. The molecule has 0 unspecified atom stereocenters. The second-order valence-electron chi connectivity index (χ2n) is 8.69. The molecule has 0 aliphatic carbocycles. The number of amides is 1. The Morgan fingerprint density at radius 3 is 2.58 bits per heavy atom. The smallest absolute Gasteiger partial charge is 0.237 e. The van der Waals surface area contributed by atoms with E-state index in [0.29, 0.717) is 31.3 Å². The molecule has 2 aromatic heterocycles. The quantitative estimate of drug-likeness (QED) is 0.456. The Labute approximate surface area is 194 Å². The molecule has 0 fully saturated rings. The Balaban J connectivity index is 1.47. The van der Waals surface area contributed by atoms with E-state index in [1.807, 2.05) is 43.3 Å². The number of hydrogen-bond acceptors (Lipinski definition) is 7. The fourth-order valence-corrected chi connectivity index (χ4v) is 3.34. The molecule has 0 spiro atoms. The van der Waals surface area contributed by atoms with Crippen LogP contribution in [0, 0.1) is 6.92 Å². The molecular weight excluding hydrogens is 420 g/mol. The molecule has 0 aliphatic heterocycles. The number of aliphatic hydroxyl groups is 1. The maximum absolute atomic E-state index is 12.4. The van der Waals surface area contributed by atoms with Crippen molar-refractivity contribution in [1.82, 2.24) is 20.2 Å². The van der Waals surface area contributed by atoms with E-state index in [2.05, 4.69) is 15.3 Å². The number of nitrogens with zero attached hydrogens (tertiary/aromatic N) is 3. The monoisotopic (exact) mass is 452 g/mol. The lowest BCUT2D eigenvalue weighted by atomic mass is 9.91. The molecule has 8 nitrogen and oxygen atoms in total. The molecule has 0 saturated heterocycles. The van der Waals surface area contributed by atoms with Crippen LogP contribution in [0.25, 0.3) is 11.3 Å². The van der Waals surface area contributed by atoms with Crippen molar-refractivity contribution in [1.29, 1.82) is 0 Å². The summed E-state index contributed by atoms with van der Waals surface area (Å²) in [4.78, 5) is 22.7. The van der Waals surface area contributed by atoms with Crippen LogP contribution in [-0.2, 0) is 10.2 Å². The number of pyridine rings is 1. The summed E-state index contributed by atoms with van der Waals surface area (Å²) in [5.41, 5.74) is 2.40. The van der Waals surface area contributed by atoms with Gasteiger partial charge < -0.3 is 24.5 Å². The predicted molar refractivity (Wildman–Crippen MR) is 126 cm³/mol. The van der Waals surface area contributed by atoms with Crippen molar-refractivity contribution >= 4 is 5.91 Å². The van der Waals surface area contributed by atoms with Crippen molar-refractivity contribution < 1.29 is 19.1 Å². The molecule has 1 aromatic carbocycles. The summed E-state index contributed by atoms with van der Waals surface area (Å²) in [7, 11) is 3.43. The maximum atomic E-state index is 12.4. The molecule has 33 heavy (non-hydrogen) atoms. The molecular formula is C25H32N4O4. The van der Waals surface area contributed by atoms with E-state index < -0.39 is 11.5 Å². The topological polar surface area (TPSA) is 101 Å². The summed E-state index contributed by atoms with van der Waals surface area (Å²) in [6, 6.07) is 11.3. The van der Waals surface area contributed by atoms with E-state index in [9.17, 15) is 9.90 Å². The van der Waals surface area contributed by atoms with Crippen LogP contribution in [0.1, 0.15) is 37.1 Å². The number of aromatic nitrogens is 2. The zero-order valence-corrected chi connectivity index (χ0v) is 19.8. The van der Waals surface area contributed by atoms with Crippen molar-refractivity contribution in [3.63, 3.8) is 0 Å². The summed E-state index contributed by atoms with van der Waals surface area (Å²) < 4.78 is 11.4. The van der Waals surface area contributed by atoms with Crippen LogP contribution in [0.3, 0.4) is 0 Å². The normalized spacial score (nSPS) is 12.4. The SMILES string of the molecule is Cc1ccc([C@@H](O)CNCCOc2ccc(-c3coc(C(C)(C)C(=O)N(C)C)n3)cc2)cn1. The van der Waals surface area contributed by atoms with Gasteiger partial charge in [0, 0.05) is 50.2 Å². The first-order valence-electron chi connectivity index (χ1n) is 10.9. The summed E-state index contributed by atoms with van der Waals surface area (Å²) in [5.74, 6) is 1.04. The molecule has 3 aromatic rings. The lowest BCUT2D eigenvalue weighted by Gasteiger charge is -2.23. The van der Waals surface area contributed by atoms with Crippen LogP contribution in [0.5, 0.6) is 5.75 Å². The number of carbonyl (C=O) groups excluding carboxylic acids is 1. The Kier molecular flexibility index (Phi) is 7.84. The molecule has 0 radical (unpaired) electrons. The van der Waals surface area contributed by atoms with Gasteiger partial charge in [0.1, 0.15) is 29.7 Å². The predicted octanol–water partition coefficient (Wildman–Crippen LogP) is 3.11. The average molecular weight is 453 g/mol. The van der Waals surface area contributed by atoms with Crippen LogP contribution in [-0.4, -0.2) is 59.7 Å². The molecule has 2 heterocycles. The van der Waals surface area contributed by atoms with Gasteiger partial charge in [0.25, 0.3) is 0 Å². The molecule has 2 N–H and O–H groups in total. The molecule has 8 heteroatoms. The first-order chi connectivity index (χ1) is 15.7. The van der Waals surface area contributed by atoms with E-state index in [4.69, 9.17) is 9.15 Å². The molecule has 0 bridgehead atoms. The second-order valence-corrected chi connectivity index (χ2v) is 8.69. The first kappa shape index (κ1) is 24.4. The van der Waals surface area contributed by atoms with Crippen molar-refractivity contribution in [3.05, 3.63) is 66.0 Å². The zero-order chi connectivity index (χ0) is 24.0. The van der Waals surface area contributed by atoms with Gasteiger partial charge in [-0.2, -0.15) is 0 Å². The summed E-state index contributed by atoms with van der Waals surface area (Å²) in [6.07, 6.45) is 2.65. The van der Waals surface area contributed by atoms with E-state index in [1.165, 1.54) is 4.90 Å². The molecule has 0 aliphatic rings. The van der Waals surface area contributed by atoms with Gasteiger partial charge in [0.2, 0.25) is 11.8 Å². The third-order valence-electron chi connectivity index (χ3n) is 5.33. The van der Waals surface area contributed by atoms with Gasteiger partial charge in [0.15, 0.2) is 0 Å². The number of rotatable bonds is 10. The van der Waals surface area contributed by atoms with Crippen molar-refractivity contribution in [2.75, 3.05) is 33.8 Å². The minimum Gasteiger partial charge on any atom is -0.492 e. The highest BCUT2D eigenvalue weighted by Crippen LogP contribution is 2.28. The number of oxazole rings is 1. The van der Waals surface area contributed by atoms with Gasteiger partial charge in [-0.05, 0) is 51.1 Å². The number of likely N-dealkylation sites (N-methyl/N-ethyl adjacent to an activating group) is 1. The zero-order valence-electron chi connectivity index (χ0n) is 19.8. The lowest BCUT2D eigenvalue weighted by molar-refractivity contribution is -0.134. The Morgan fingerprint density at radius 1 is 1.21 bits per heavy atom. The second kappa shape index (κ2) is 10.6. The van der Waals surface area contributed by atoms with E-state index in [1.54, 1.807) is 40.4 Å². The van der Waals surface area contributed by atoms with Crippen molar-refractivity contribution in [2.24, 2.45) is 0 Å². The molecule has 176 valence electrons. The highest BCUT2D eigenvalue weighted by Gasteiger charge is 2.36. The minimum absolute atomic E-state index is 0.0729. The third-order valence-corrected chi connectivity index (χ3v) is 5.33. The number of aliphatic hydroxyl groups excluding tert-OH is 1. The fraction of sp³-hybridized carbons (Fsp3) is 0.400. The maximum Gasteiger partial charge on any atom is 0.237 e. The number of ether oxygens (including phenoxy) is 1. The number of nitrogens with one attached hydrogen (secondary N) is 1. The minimum atomic E-state index is -0.846. The molecule has 3 rings (SSSR count). The first-order valence-corrected chi connectivity index (χ1v) is 10.9. The van der Waals surface area contributed by atoms with Crippen LogP contribution in [0.2, 0.25) is 0 Å². The average Bonchev–Trinajstić information content (AvgIpc) is 3.30. The van der Waals surface area contributed by atoms with Crippen LogP contribution in [0.15, 0.2) is 53.3 Å². The summed E-state index contributed by atoms with van der Waals surface area (Å²) in [6.45, 7) is 7.00. The van der Waals surface area contributed by atoms with Crippen molar-refractivity contribution in [3.8, 4) is 17.0 Å². The van der Waals surface area contributed by atoms with Gasteiger partial charge in [-0.1, -0.05) is 6.07 Å². The van der Waals surface area contributed by atoms with Crippen LogP contribution < -0.4 is 10.1 Å². The largest absolute Gasteiger partial charge is 0.492 e. The summed E-state index contributed by atoms with van der Waals surface area (Å²) >= 11 is 0. The third kappa shape index (κ3) is 6.18. The molecule has 1 atom stereocenters. The van der Waals surface area contributed by atoms with E-state index in [-0.39, 0.29) is 5.91 Å². The molecule has 1 amide bonds. The highest BCUT2D eigenvalue weighted by atomic mass is 16.5. The van der Waals surface area contributed by atoms with E-state index in [0.717, 1.165) is 22.6 Å². The Hall–Kier alpha value is -3.23. The van der Waals surface area contributed by atoms with Gasteiger partial charge in [-0.3, -0.25) is 9.78 Å². The number of carbonyl (C=O) groups is 1.